The summed E-state index contributed by atoms with van der Waals surface area (Å²) in [6, 6.07) is 4.96. The first-order valence-electron chi connectivity index (χ1n) is 5.79. The fourth-order valence-corrected chi connectivity index (χ4v) is 1.70. The van der Waals surface area contributed by atoms with E-state index in [0.29, 0.717) is 23.5 Å². The molecule has 0 saturated heterocycles. The summed E-state index contributed by atoms with van der Waals surface area (Å²) in [6.45, 7) is 0.355. The van der Waals surface area contributed by atoms with Gasteiger partial charge in [-0.3, -0.25) is 4.79 Å². The normalized spacial score (nSPS) is 10.2. The molecule has 0 aliphatic carbocycles. The van der Waals surface area contributed by atoms with Gasteiger partial charge in [0.05, 0.1) is 19.2 Å². The van der Waals surface area contributed by atoms with Gasteiger partial charge < -0.3 is 20.4 Å². The molecule has 0 atom stereocenters. The van der Waals surface area contributed by atoms with Gasteiger partial charge in [-0.25, -0.2) is 4.98 Å². The number of hydrogen-bond donors (Lipinski definition) is 2. The van der Waals surface area contributed by atoms with Crippen LogP contribution in [0.3, 0.4) is 0 Å². The minimum Gasteiger partial charge on any atom is -0.497 e. The average molecular weight is 260 g/mol. The van der Waals surface area contributed by atoms with Crippen molar-refractivity contribution in [1.29, 1.82) is 0 Å². The number of methoxy groups -OCH3 is 1. The van der Waals surface area contributed by atoms with Crippen molar-refractivity contribution in [2.24, 2.45) is 7.05 Å². The lowest BCUT2D eigenvalue weighted by molar-refractivity contribution is 0.0950. The van der Waals surface area contributed by atoms with Crippen molar-refractivity contribution in [3.8, 4) is 5.75 Å². The summed E-state index contributed by atoms with van der Waals surface area (Å²) in [5.74, 6) is 1.17. The Labute approximate surface area is 111 Å². The van der Waals surface area contributed by atoms with E-state index in [1.165, 1.54) is 0 Å². The highest BCUT2D eigenvalue weighted by Gasteiger charge is 2.11. The Bertz CT molecular complexity index is 592. The summed E-state index contributed by atoms with van der Waals surface area (Å²) in [5, 5.41) is 2.78. The highest BCUT2D eigenvalue weighted by molar-refractivity contribution is 5.99. The minimum atomic E-state index is -0.233. The molecule has 1 amide bonds. The van der Waals surface area contributed by atoms with Gasteiger partial charge in [0.2, 0.25) is 0 Å². The second-order valence-corrected chi connectivity index (χ2v) is 4.09. The fraction of sp³-hybridized carbons (Fsp3) is 0.231. The number of ether oxygens (including phenoxy) is 1. The summed E-state index contributed by atoms with van der Waals surface area (Å²) >= 11 is 0. The number of anilines is 1. The number of carbonyl (C=O) groups excluding carboxylic acids is 1. The van der Waals surface area contributed by atoms with Gasteiger partial charge in [-0.15, -0.1) is 0 Å². The molecule has 0 saturated carbocycles. The van der Waals surface area contributed by atoms with E-state index >= 15 is 0 Å². The molecule has 0 aliphatic rings. The largest absolute Gasteiger partial charge is 0.497 e. The molecule has 1 aromatic heterocycles. The number of imidazole rings is 1. The first-order chi connectivity index (χ1) is 9.11. The van der Waals surface area contributed by atoms with E-state index in [0.717, 1.165) is 5.82 Å². The number of nitrogen functional groups attached to an aromatic ring is 1. The van der Waals surface area contributed by atoms with E-state index < -0.39 is 0 Å². The number of nitrogens with zero attached hydrogens (tertiary/aromatic N) is 2. The molecular formula is C13H16N4O2. The van der Waals surface area contributed by atoms with Crippen LogP contribution in [0.2, 0.25) is 0 Å². The molecule has 6 heteroatoms. The predicted octanol–water partition coefficient (Wildman–Crippen LogP) is 0.941. The molecule has 1 aromatic carbocycles. The quantitative estimate of drug-likeness (QED) is 0.801. The molecule has 2 rings (SSSR count). The summed E-state index contributed by atoms with van der Waals surface area (Å²) in [6.07, 6.45) is 3.51. The van der Waals surface area contributed by atoms with Crippen molar-refractivity contribution in [2.75, 3.05) is 12.8 Å². The summed E-state index contributed by atoms with van der Waals surface area (Å²) in [5.41, 5.74) is 6.63. The lowest BCUT2D eigenvalue weighted by atomic mass is 10.1. The Kier molecular flexibility index (Phi) is 3.70. The number of nitrogens with two attached hydrogens (primary N) is 1. The summed E-state index contributed by atoms with van der Waals surface area (Å²) in [4.78, 5) is 16.1. The zero-order chi connectivity index (χ0) is 13.8. The van der Waals surface area contributed by atoms with Crippen molar-refractivity contribution in [2.45, 2.75) is 6.54 Å². The van der Waals surface area contributed by atoms with Crippen LogP contribution in [0, 0.1) is 0 Å². The van der Waals surface area contributed by atoms with Gasteiger partial charge >= 0.3 is 0 Å². The maximum absolute atomic E-state index is 12.0. The molecule has 3 N–H and O–H groups in total. The molecule has 0 unspecified atom stereocenters. The van der Waals surface area contributed by atoms with Crippen LogP contribution >= 0.6 is 0 Å². The molecule has 19 heavy (non-hydrogen) atoms. The number of benzene rings is 1. The number of nitrogens with one attached hydrogen (secondary N) is 1. The Balaban J connectivity index is 2.06. The number of carbonyl (C=O) groups is 1. The van der Waals surface area contributed by atoms with Crippen LogP contribution < -0.4 is 15.8 Å². The van der Waals surface area contributed by atoms with Crippen LogP contribution in [-0.2, 0) is 13.6 Å². The van der Waals surface area contributed by atoms with Crippen molar-refractivity contribution >= 4 is 11.6 Å². The first-order valence-corrected chi connectivity index (χ1v) is 5.79. The Morgan fingerprint density at radius 3 is 2.89 bits per heavy atom. The van der Waals surface area contributed by atoms with Gasteiger partial charge in [0.25, 0.3) is 5.91 Å². The third-order valence-corrected chi connectivity index (χ3v) is 2.83. The van der Waals surface area contributed by atoms with Crippen LogP contribution in [0.15, 0.2) is 30.6 Å². The third kappa shape index (κ3) is 2.85. The number of hydrogen-bond acceptors (Lipinski definition) is 4. The van der Waals surface area contributed by atoms with Crippen LogP contribution in [0.1, 0.15) is 16.2 Å². The number of aromatic nitrogens is 2. The van der Waals surface area contributed by atoms with Crippen molar-refractivity contribution < 1.29 is 9.53 Å². The monoisotopic (exact) mass is 260 g/mol. The van der Waals surface area contributed by atoms with Crippen LogP contribution in [-0.4, -0.2) is 22.6 Å². The molecule has 0 fully saturated rings. The lowest BCUT2D eigenvalue weighted by Crippen LogP contribution is -2.25. The van der Waals surface area contributed by atoms with Gasteiger partial charge in [-0.1, -0.05) is 0 Å². The molecule has 100 valence electrons. The van der Waals surface area contributed by atoms with E-state index in [2.05, 4.69) is 10.3 Å². The Hall–Kier alpha value is -2.50. The van der Waals surface area contributed by atoms with E-state index in [1.54, 1.807) is 31.5 Å². The smallest absolute Gasteiger partial charge is 0.253 e. The molecule has 0 radical (unpaired) electrons. The molecule has 0 bridgehead atoms. The number of amides is 1. The first kappa shape index (κ1) is 12.9. The maximum Gasteiger partial charge on any atom is 0.253 e. The van der Waals surface area contributed by atoms with E-state index in [1.807, 2.05) is 17.8 Å². The molecule has 0 aliphatic heterocycles. The van der Waals surface area contributed by atoms with Crippen molar-refractivity contribution in [1.82, 2.24) is 14.9 Å². The van der Waals surface area contributed by atoms with Gasteiger partial charge in [-0.05, 0) is 12.1 Å². The van der Waals surface area contributed by atoms with Crippen molar-refractivity contribution in [3.05, 3.63) is 42.0 Å². The minimum absolute atomic E-state index is 0.233. The topological polar surface area (TPSA) is 82.2 Å². The Morgan fingerprint density at radius 2 is 2.32 bits per heavy atom. The Morgan fingerprint density at radius 1 is 1.53 bits per heavy atom. The molecule has 2 aromatic rings. The van der Waals surface area contributed by atoms with E-state index in [4.69, 9.17) is 10.5 Å². The highest BCUT2D eigenvalue weighted by atomic mass is 16.5. The molecule has 1 heterocycles. The second kappa shape index (κ2) is 5.43. The third-order valence-electron chi connectivity index (χ3n) is 2.83. The van der Waals surface area contributed by atoms with E-state index in [9.17, 15) is 4.79 Å². The maximum atomic E-state index is 12.0. The average Bonchev–Trinajstić information content (AvgIpc) is 2.81. The molecular weight excluding hydrogens is 244 g/mol. The van der Waals surface area contributed by atoms with Crippen LogP contribution in [0.4, 0.5) is 5.69 Å². The number of aryl methyl sites for hydroxylation is 1. The summed E-state index contributed by atoms with van der Waals surface area (Å²) in [7, 11) is 3.42. The van der Waals surface area contributed by atoms with E-state index in [-0.39, 0.29) is 5.91 Å². The molecule has 0 spiro atoms. The fourth-order valence-electron chi connectivity index (χ4n) is 1.70. The second-order valence-electron chi connectivity index (χ2n) is 4.09. The predicted molar refractivity (Wildman–Crippen MR) is 71.8 cm³/mol. The molecule has 6 nitrogen and oxygen atoms in total. The van der Waals surface area contributed by atoms with Gasteiger partial charge in [0.15, 0.2) is 0 Å². The van der Waals surface area contributed by atoms with Gasteiger partial charge in [0.1, 0.15) is 11.6 Å². The highest BCUT2D eigenvalue weighted by Crippen LogP contribution is 2.19. The lowest BCUT2D eigenvalue weighted by Gasteiger charge is -2.09. The number of rotatable bonds is 4. The summed E-state index contributed by atoms with van der Waals surface area (Å²) < 4.78 is 6.88. The zero-order valence-corrected chi connectivity index (χ0v) is 10.9. The zero-order valence-electron chi connectivity index (χ0n) is 10.9. The van der Waals surface area contributed by atoms with Crippen LogP contribution in [0.25, 0.3) is 0 Å². The van der Waals surface area contributed by atoms with Crippen LogP contribution in [0.5, 0.6) is 5.75 Å². The SMILES string of the molecule is COc1ccc(C(=O)NCc2nccn2C)c(N)c1. The van der Waals surface area contributed by atoms with Crippen molar-refractivity contribution in [3.63, 3.8) is 0 Å². The van der Waals surface area contributed by atoms with Gasteiger partial charge in [-0.2, -0.15) is 0 Å². The van der Waals surface area contributed by atoms with Gasteiger partial charge in [0, 0.05) is 31.2 Å². The standard InChI is InChI=1S/C13H16N4O2/c1-17-6-5-15-12(17)8-16-13(18)10-4-3-9(19-2)7-11(10)14/h3-7H,8,14H2,1-2H3,(H,16,18).